The van der Waals surface area contributed by atoms with Crippen molar-refractivity contribution in [3.05, 3.63) is 0 Å². The third kappa shape index (κ3) is 6.54. The lowest BCUT2D eigenvalue weighted by molar-refractivity contribution is 0.874. The van der Waals surface area contributed by atoms with E-state index in [0.29, 0.717) is 5.38 Å². The van der Waals surface area contributed by atoms with Crippen LogP contribution in [0, 0.1) is 0 Å². The predicted molar refractivity (Wildman–Crippen MR) is 69.7 cm³/mol. The quantitative estimate of drug-likeness (QED) is 0.328. The van der Waals surface area contributed by atoms with E-state index in [1.165, 1.54) is 6.04 Å². The van der Waals surface area contributed by atoms with Gasteiger partial charge < -0.3 is 13.9 Å². The first kappa shape index (κ1) is 13.0. The summed E-state index contributed by atoms with van der Waals surface area (Å²) in [7, 11) is 1.19. The van der Waals surface area contributed by atoms with Gasteiger partial charge in [0.2, 0.25) is 0 Å². The number of halogens is 1. The van der Waals surface area contributed by atoms with E-state index in [1.807, 2.05) is 0 Å². The number of alkyl halides is 1. The highest BCUT2D eigenvalue weighted by atomic mass is 35.5. The molecule has 0 aliphatic rings. The Labute approximate surface area is 90.2 Å². The second-order valence-corrected chi connectivity index (χ2v) is 12.1. The van der Waals surface area contributed by atoms with E-state index in [-0.39, 0.29) is 9.84 Å². The van der Waals surface area contributed by atoms with Gasteiger partial charge in [-0.2, -0.15) is 0 Å². The van der Waals surface area contributed by atoms with E-state index in [0.717, 1.165) is 27.2 Å². The smallest absolute Gasteiger partial charge is 0.172 e. The molecule has 0 saturated carbocycles. The maximum Gasteiger partial charge on any atom is 0.172 e. The first-order chi connectivity index (χ1) is 5.74. The molecule has 0 aliphatic heterocycles. The Morgan fingerprint density at radius 3 is 2.67 bits per heavy atom. The molecule has 3 N–H and O–H groups in total. The van der Waals surface area contributed by atoms with Gasteiger partial charge in [0, 0.05) is 5.38 Å². The van der Waals surface area contributed by atoms with Gasteiger partial charge in [0.25, 0.3) is 0 Å². The van der Waals surface area contributed by atoms with E-state index >= 15 is 0 Å². The molecule has 0 radical (unpaired) electrons. The summed E-state index contributed by atoms with van der Waals surface area (Å²) < 4.78 is 10.5. The van der Waals surface area contributed by atoms with Crippen LogP contribution in [-0.4, -0.2) is 45.1 Å². The van der Waals surface area contributed by atoms with Crippen LogP contribution in [0.2, 0.25) is 6.04 Å². The summed E-state index contributed by atoms with van der Waals surface area (Å²) in [6.07, 6.45) is 1.09. The maximum absolute atomic E-state index is 6.09. The molecule has 74 valence electrons. The number of nitrogens with one attached hydrogen (secondary N) is 3. The minimum Gasteiger partial charge on any atom is -0.360 e. The topological polar surface area (TPSA) is 36.1 Å². The van der Waals surface area contributed by atoms with Crippen molar-refractivity contribution in [2.45, 2.75) is 24.8 Å². The Bertz CT molecular complexity index is 108. The number of hydrogen-bond acceptors (Lipinski definition) is 3. The second-order valence-electron chi connectivity index (χ2n) is 2.82. The van der Waals surface area contributed by atoms with Crippen molar-refractivity contribution < 1.29 is 0 Å². The van der Waals surface area contributed by atoms with Crippen LogP contribution in [0.1, 0.15) is 13.3 Å². The zero-order chi connectivity index (χ0) is 9.40. The van der Waals surface area contributed by atoms with Gasteiger partial charge in [-0.3, -0.25) is 0 Å². The van der Waals surface area contributed by atoms with Crippen molar-refractivity contribution in [2.75, 3.05) is 0 Å². The summed E-state index contributed by atoms with van der Waals surface area (Å²) in [5.74, 6) is 0. The van der Waals surface area contributed by atoms with Crippen molar-refractivity contribution in [1.82, 2.24) is 13.9 Å². The lowest BCUT2D eigenvalue weighted by Crippen LogP contribution is -2.52. The van der Waals surface area contributed by atoms with Crippen molar-refractivity contribution in [2.24, 2.45) is 0 Å². The fourth-order valence-electron chi connectivity index (χ4n) is 0.951. The van der Waals surface area contributed by atoms with Gasteiger partial charge in [0.05, 0.1) is 20.8 Å². The van der Waals surface area contributed by atoms with Crippen LogP contribution in [0.15, 0.2) is 0 Å². The van der Waals surface area contributed by atoms with Crippen LogP contribution in [0.4, 0.5) is 0 Å². The molecular weight excluding hydrogens is 238 g/mol. The third-order valence-electron chi connectivity index (χ3n) is 1.81. The molecule has 8 heteroatoms. The van der Waals surface area contributed by atoms with Crippen molar-refractivity contribution in [3.63, 3.8) is 0 Å². The van der Waals surface area contributed by atoms with Gasteiger partial charge in [0.1, 0.15) is 0 Å². The molecule has 3 nitrogen and oxygen atoms in total. The van der Waals surface area contributed by atoms with Gasteiger partial charge in [-0.1, -0.05) is 6.92 Å². The third-order valence-corrected chi connectivity index (χ3v) is 10.6. The Morgan fingerprint density at radius 2 is 2.25 bits per heavy atom. The summed E-state index contributed by atoms with van der Waals surface area (Å²) in [6, 6.07) is 1.18. The zero-order valence-corrected chi connectivity index (χ0v) is 15.5. The van der Waals surface area contributed by atoms with Crippen molar-refractivity contribution >= 4 is 51.4 Å². The van der Waals surface area contributed by atoms with Crippen LogP contribution >= 0.6 is 11.6 Å². The second kappa shape index (κ2) is 8.63. The van der Waals surface area contributed by atoms with Gasteiger partial charge in [-0.05, 0) is 12.5 Å². The molecule has 0 aromatic rings. The average Bonchev–Trinajstić information content (AvgIpc) is 2.11. The SMILES string of the molecule is CCC(Cl)C[SiH](N[SiH3])N[SiH2]N[SiH3]. The van der Waals surface area contributed by atoms with Gasteiger partial charge in [-0.25, -0.2) is 0 Å². The Balaban J connectivity index is 3.51. The largest absolute Gasteiger partial charge is 0.360 e. The van der Waals surface area contributed by atoms with Crippen LogP contribution < -0.4 is 13.9 Å². The monoisotopic (exact) mass is 257 g/mol. The van der Waals surface area contributed by atoms with Crippen molar-refractivity contribution in [3.8, 4) is 0 Å². The first-order valence-electron chi connectivity index (χ1n) is 4.43. The van der Waals surface area contributed by atoms with E-state index in [2.05, 4.69) is 20.9 Å². The number of rotatable bonds is 7. The fourth-order valence-corrected chi connectivity index (χ4v) is 10.2. The Hall–Kier alpha value is 1.04. The molecule has 0 amide bonds. The molecule has 0 aliphatic carbocycles. The lowest BCUT2D eigenvalue weighted by Gasteiger charge is -2.17. The first-order valence-corrected chi connectivity index (χ1v) is 10.3. The van der Waals surface area contributed by atoms with Crippen LogP contribution in [0.5, 0.6) is 0 Å². The molecule has 2 unspecified atom stereocenters. The molecule has 12 heavy (non-hydrogen) atoms. The molecular formula is C4H20ClN3Si4. The Morgan fingerprint density at radius 1 is 1.58 bits per heavy atom. The fraction of sp³-hybridized carbons (Fsp3) is 1.00. The molecule has 0 saturated heterocycles. The van der Waals surface area contributed by atoms with Gasteiger partial charge in [0.15, 0.2) is 19.0 Å². The molecule has 2 atom stereocenters. The molecule has 0 heterocycles. The minimum atomic E-state index is -0.855. The summed E-state index contributed by atoms with van der Waals surface area (Å²) in [5, 5.41) is 0.374. The summed E-state index contributed by atoms with van der Waals surface area (Å²) in [6.45, 7) is 2.15. The summed E-state index contributed by atoms with van der Waals surface area (Å²) in [4.78, 5) is 0. The summed E-state index contributed by atoms with van der Waals surface area (Å²) in [5.41, 5.74) is 0. The van der Waals surface area contributed by atoms with Crippen molar-refractivity contribution in [1.29, 1.82) is 0 Å². The van der Waals surface area contributed by atoms with E-state index in [9.17, 15) is 0 Å². The molecule has 0 fully saturated rings. The molecule has 0 rings (SSSR count). The standard InChI is InChI=1S/C4H20ClN3Si4/c1-2-4(5)3-12(7-10)8-11-6-9/h4,6-8,12H,2-3,11H2,1,9-10H3. The predicted octanol–water partition coefficient (Wildman–Crippen LogP) is -3.45. The van der Waals surface area contributed by atoms with Crippen LogP contribution in [0.25, 0.3) is 0 Å². The lowest BCUT2D eigenvalue weighted by atomic mass is 10.4. The van der Waals surface area contributed by atoms with Gasteiger partial charge >= 0.3 is 0 Å². The summed E-state index contributed by atoms with van der Waals surface area (Å²) >= 11 is 6.09. The van der Waals surface area contributed by atoms with E-state index in [4.69, 9.17) is 11.6 Å². The molecule has 0 aromatic carbocycles. The zero-order valence-electron chi connectivity index (χ0n) is 8.15. The highest BCUT2D eigenvalue weighted by Gasteiger charge is 2.11. The minimum absolute atomic E-state index is 0.163. The Kier molecular flexibility index (Phi) is 9.37. The van der Waals surface area contributed by atoms with Crippen LogP contribution in [0.3, 0.4) is 0 Å². The van der Waals surface area contributed by atoms with Gasteiger partial charge in [-0.15, -0.1) is 11.6 Å². The molecule has 0 bridgehead atoms. The average molecular weight is 258 g/mol. The highest BCUT2D eigenvalue weighted by Crippen LogP contribution is 2.07. The van der Waals surface area contributed by atoms with E-state index in [1.54, 1.807) is 0 Å². The normalized spacial score (nSPS) is 17.5. The van der Waals surface area contributed by atoms with E-state index < -0.39 is 9.12 Å². The maximum atomic E-state index is 6.09. The molecule has 0 spiro atoms. The van der Waals surface area contributed by atoms with Crippen LogP contribution in [-0.2, 0) is 0 Å². The highest BCUT2D eigenvalue weighted by molar-refractivity contribution is 6.68. The number of hydrogen-bond donors (Lipinski definition) is 3. The molecule has 0 aromatic heterocycles.